The largest absolute Gasteiger partial charge is 0.497 e. The highest BCUT2D eigenvalue weighted by Gasteiger charge is 2.18. The maximum Gasteiger partial charge on any atom is 0.234 e. The first-order chi connectivity index (χ1) is 15.5. The van der Waals surface area contributed by atoms with Crippen LogP contribution in [0.4, 0.5) is 5.69 Å². The number of carbonyl (C=O) groups excluding carboxylic acids is 1. The molecular weight excluding hydrogens is 469 g/mol. The van der Waals surface area contributed by atoms with Crippen LogP contribution in [0.25, 0.3) is 17.1 Å². The Labute approximate surface area is 198 Å². The van der Waals surface area contributed by atoms with Crippen LogP contribution in [0.3, 0.4) is 0 Å². The van der Waals surface area contributed by atoms with Crippen molar-refractivity contribution in [3.63, 3.8) is 0 Å². The number of pyridine rings is 1. The van der Waals surface area contributed by atoms with E-state index in [0.717, 1.165) is 17.0 Å². The molecule has 0 spiro atoms. The minimum atomic E-state index is -0.208. The lowest BCUT2D eigenvalue weighted by Crippen LogP contribution is -2.14. The molecular formula is C22H17Cl2N5O2S. The minimum absolute atomic E-state index is 0.127. The molecule has 2 aromatic carbocycles. The van der Waals surface area contributed by atoms with Gasteiger partial charge in [0, 0.05) is 29.3 Å². The van der Waals surface area contributed by atoms with Gasteiger partial charge in [0.05, 0.1) is 22.9 Å². The predicted molar refractivity (Wildman–Crippen MR) is 127 cm³/mol. The summed E-state index contributed by atoms with van der Waals surface area (Å²) < 4.78 is 7.14. The van der Waals surface area contributed by atoms with E-state index in [4.69, 9.17) is 27.9 Å². The van der Waals surface area contributed by atoms with Gasteiger partial charge >= 0.3 is 0 Å². The predicted octanol–water partition coefficient (Wildman–Crippen LogP) is 5.38. The second kappa shape index (κ2) is 10.0. The van der Waals surface area contributed by atoms with Crippen molar-refractivity contribution in [3.05, 3.63) is 77.0 Å². The lowest BCUT2D eigenvalue weighted by atomic mass is 10.2. The molecule has 1 N–H and O–H groups in total. The molecule has 0 saturated heterocycles. The van der Waals surface area contributed by atoms with E-state index in [1.54, 1.807) is 37.7 Å². The minimum Gasteiger partial charge on any atom is -0.497 e. The second-order valence-electron chi connectivity index (χ2n) is 6.55. The number of aromatic nitrogens is 4. The Hall–Kier alpha value is -3.07. The summed E-state index contributed by atoms with van der Waals surface area (Å²) in [6.45, 7) is 0. The molecule has 2 aromatic heterocycles. The standard InChI is InChI=1S/C22H17Cl2N5O2S/c1-31-17-7-5-16(6-8-17)29-21(14-3-2-10-25-12-14)27-28-22(29)32-13-20(30)26-15-4-9-18(23)19(24)11-15/h2-12H,13H2,1H3,(H,26,30). The molecule has 0 bridgehead atoms. The molecule has 0 aliphatic heterocycles. The summed E-state index contributed by atoms with van der Waals surface area (Å²) >= 11 is 13.2. The number of nitrogens with one attached hydrogen (secondary N) is 1. The summed E-state index contributed by atoms with van der Waals surface area (Å²) in [7, 11) is 1.61. The number of benzene rings is 2. The first-order valence-corrected chi connectivity index (χ1v) is 11.2. The zero-order chi connectivity index (χ0) is 22.5. The number of methoxy groups -OCH3 is 1. The summed E-state index contributed by atoms with van der Waals surface area (Å²) in [4.78, 5) is 16.7. The molecule has 7 nitrogen and oxygen atoms in total. The van der Waals surface area contributed by atoms with Gasteiger partial charge in [0.2, 0.25) is 5.91 Å². The first-order valence-electron chi connectivity index (χ1n) is 9.43. The van der Waals surface area contributed by atoms with Gasteiger partial charge in [-0.25, -0.2) is 0 Å². The van der Waals surface area contributed by atoms with Crippen LogP contribution < -0.4 is 10.1 Å². The summed E-state index contributed by atoms with van der Waals surface area (Å²) in [6.07, 6.45) is 3.41. The summed E-state index contributed by atoms with van der Waals surface area (Å²) in [5, 5.41) is 12.8. The average Bonchev–Trinajstić information content (AvgIpc) is 3.25. The fraction of sp³-hybridized carbons (Fsp3) is 0.0909. The quantitative estimate of drug-likeness (QED) is 0.354. The average molecular weight is 486 g/mol. The highest BCUT2D eigenvalue weighted by Crippen LogP contribution is 2.29. The maximum absolute atomic E-state index is 12.5. The monoisotopic (exact) mass is 485 g/mol. The normalized spacial score (nSPS) is 10.7. The van der Waals surface area contributed by atoms with E-state index < -0.39 is 0 Å². The summed E-state index contributed by atoms with van der Waals surface area (Å²) in [6, 6.07) is 16.2. The van der Waals surface area contributed by atoms with Crippen LogP contribution in [0.1, 0.15) is 0 Å². The van der Waals surface area contributed by atoms with Crippen molar-refractivity contribution in [1.29, 1.82) is 0 Å². The number of ether oxygens (including phenoxy) is 1. The van der Waals surface area contributed by atoms with Gasteiger partial charge in [-0.1, -0.05) is 35.0 Å². The molecule has 0 saturated carbocycles. The summed E-state index contributed by atoms with van der Waals surface area (Å²) in [5.74, 6) is 1.28. The van der Waals surface area contributed by atoms with Crippen LogP contribution in [-0.2, 0) is 4.79 Å². The van der Waals surface area contributed by atoms with Crippen LogP contribution in [-0.4, -0.2) is 38.5 Å². The van der Waals surface area contributed by atoms with E-state index >= 15 is 0 Å². The van der Waals surface area contributed by atoms with Crippen LogP contribution >= 0.6 is 35.0 Å². The Morgan fingerprint density at radius 3 is 2.59 bits per heavy atom. The SMILES string of the molecule is COc1ccc(-n2c(SCC(=O)Nc3ccc(Cl)c(Cl)c3)nnc2-c2cccnc2)cc1. The van der Waals surface area contributed by atoms with Crippen molar-refractivity contribution in [3.8, 4) is 22.8 Å². The summed E-state index contributed by atoms with van der Waals surface area (Å²) in [5.41, 5.74) is 2.21. The van der Waals surface area contributed by atoms with E-state index in [1.807, 2.05) is 41.0 Å². The van der Waals surface area contributed by atoms with Crippen molar-refractivity contribution in [2.45, 2.75) is 5.16 Å². The highest BCUT2D eigenvalue weighted by atomic mass is 35.5. The number of nitrogens with zero attached hydrogens (tertiary/aromatic N) is 4. The lowest BCUT2D eigenvalue weighted by molar-refractivity contribution is -0.113. The van der Waals surface area contributed by atoms with Gasteiger partial charge in [0.15, 0.2) is 11.0 Å². The Balaban J connectivity index is 1.58. The molecule has 4 rings (SSSR count). The third kappa shape index (κ3) is 5.04. The molecule has 0 atom stereocenters. The second-order valence-corrected chi connectivity index (χ2v) is 8.30. The fourth-order valence-corrected chi connectivity index (χ4v) is 3.96. The third-order valence-electron chi connectivity index (χ3n) is 4.42. The topological polar surface area (TPSA) is 81.9 Å². The molecule has 0 unspecified atom stereocenters. The molecule has 0 fully saturated rings. The van der Waals surface area contributed by atoms with Gasteiger partial charge in [-0.05, 0) is 54.6 Å². The molecule has 2 heterocycles. The first kappa shape index (κ1) is 22.1. The number of hydrogen-bond acceptors (Lipinski definition) is 6. The van der Waals surface area contributed by atoms with E-state index in [1.165, 1.54) is 11.8 Å². The zero-order valence-corrected chi connectivity index (χ0v) is 19.2. The molecule has 1 amide bonds. The smallest absolute Gasteiger partial charge is 0.234 e. The van der Waals surface area contributed by atoms with Gasteiger partial charge in [-0.15, -0.1) is 10.2 Å². The molecule has 4 aromatic rings. The number of thioether (sulfide) groups is 1. The van der Waals surface area contributed by atoms with E-state index in [2.05, 4.69) is 20.5 Å². The highest BCUT2D eigenvalue weighted by molar-refractivity contribution is 7.99. The number of anilines is 1. The number of halogens is 2. The zero-order valence-electron chi connectivity index (χ0n) is 16.8. The number of rotatable bonds is 7. The van der Waals surface area contributed by atoms with Gasteiger partial charge < -0.3 is 10.1 Å². The number of carbonyl (C=O) groups is 1. The number of hydrogen-bond donors (Lipinski definition) is 1. The third-order valence-corrected chi connectivity index (χ3v) is 6.09. The van der Waals surface area contributed by atoms with Gasteiger partial charge in [0.1, 0.15) is 5.75 Å². The Kier molecular flexibility index (Phi) is 6.94. The Bertz CT molecular complexity index is 1230. The van der Waals surface area contributed by atoms with Crippen LogP contribution in [0.2, 0.25) is 10.0 Å². The molecule has 0 radical (unpaired) electrons. The van der Waals surface area contributed by atoms with Gasteiger partial charge in [-0.3, -0.25) is 14.3 Å². The Morgan fingerprint density at radius 2 is 1.91 bits per heavy atom. The molecule has 162 valence electrons. The Morgan fingerprint density at radius 1 is 1.09 bits per heavy atom. The molecule has 10 heteroatoms. The van der Waals surface area contributed by atoms with E-state index in [9.17, 15) is 4.79 Å². The van der Waals surface area contributed by atoms with E-state index in [0.29, 0.717) is 26.7 Å². The molecule has 32 heavy (non-hydrogen) atoms. The van der Waals surface area contributed by atoms with Crippen molar-refractivity contribution >= 4 is 46.6 Å². The van der Waals surface area contributed by atoms with Crippen LogP contribution in [0.15, 0.2) is 72.1 Å². The van der Waals surface area contributed by atoms with Crippen molar-refractivity contribution in [2.75, 3.05) is 18.2 Å². The van der Waals surface area contributed by atoms with Crippen molar-refractivity contribution in [1.82, 2.24) is 19.7 Å². The fourth-order valence-electron chi connectivity index (χ4n) is 2.91. The number of amides is 1. The molecule has 0 aliphatic carbocycles. The van der Waals surface area contributed by atoms with Crippen molar-refractivity contribution in [2.24, 2.45) is 0 Å². The van der Waals surface area contributed by atoms with Gasteiger partial charge in [-0.2, -0.15) is 0 Å². The van der Waals surface area contributed by atoms with E-state index in [-0.39, 0.29) is 11.7 Å². The maximum atomic E-state index is 12.5. The van der Waals surface area contributed by atoms with Crippen LogP contribution in [0.5, 0.6) is 5.75 Å². The van der Waals surface area contributed by atoms with Crippen molar-refractivity contribution < 1.29 is 9.53 Å². The molecule has 0 aliphatic rings. The lowest BCUT2D eigenvalue weighted by Gasteiger charge is -2.11. The van der Waals surface area contributed by atoms with Gasteiger partial charge in [0.25, 0.3) is 0 Å². The van der Waals surface area contributed by atoms with Crippen LogP contribution in [0, 0.1) is 0 Å².